The topological polar surface area (TPSA) is 74.4 Å². The van der Waals surface area contributed by atoms with Crippen LogP contribution < -0.4 is 10.5 Å². The SMILES string of the molecule is CCOC(=O)C1=C(N)Oc2c(ccc3ccc(/C=C/c4ccc(F)cc4)nc23)C1c1ccc(Cl)cc1. The number of hydrogen-bond acceptors (Lipinski definition) is 5. The van der Waals surface area contributed by atoms with Crippen LogP contribution in [0.5, 0.6) is 5.75 Å². The third kappa shape index (κ3) is 4.55. The normalized spacial score (nSPS) is 15.1. The molecule has 3 aromatic carbocycles. The average molecular weight is 501 g/mol. The van der Waals surface area contributed by atoms with Crippen molar-refractivity contribution in [1.82, 2.24) is 4.98 Å². The molecule has 1 aliphatic rings. The number of ether oxygens (including phenoxy) is 2. The first-order chi connectivity index (χ1) is 17.4. The van der Waals surface area contributed by atoms with Gasteiger partial charge in [-0.25, -0.2) is 14.2 Å². The number of nitrogens with two attached hydrogens (primary N) is 1. The van der Waals surface area contributed by atoms with Crippen LogP contribution in [0.25, 0.3) is 23.1 Å². The summed E-state index contributed by atoms with van der Waals surface area (Å²) in [5.74, 6) is -0.889. The molecule has 0 saturated heterocycles. The van der Waals surface area contributed by atoms with Gasteiger partial charge in [0.2, 0.25) is 5.88 Å². The number of carbonyl (C=O) groups excluding carboxylic acids is 1. The molecule has 5 nitrogen and oxygen atoms in total. The smallest absolute Gasteiger partial charge is 0.340 e. The maximum Gasteiger partial charge on any atom is 0.340 e. The van der Waals surface area contributed by atoms with Gasteiger partial charge in [-0.2, -0.15) is 0 Å². The Balaban J connectivity index is 1.63. The second-order valence-electron chi connectivity index (χ2n) is 8.26. The fraction of sp³-hybridized carbons (Fsp3) is 0.103. The molecule has 4 aromatic rings. The van der Waals surface area contributed by atoms with Crippen molar-refractivity contribution in [3.63, 3.8) is 0 Å². The van der Waals surface area contributed by atoms with E-state index in [1.54, 1.807) is 31.2 Å². The summed E-state index contributed by atoms with van der Waals surface area (Å²) in [7, 11) is 0. The minimum atomic E-state index is -0.537. The van der Waals surface area contributed by atoms with Crippen molar-refractivity contribution in [1.29, 1.82) is 0 Å². The number of aromatic nitrogens is 1. The Bertz CT molecular complexity index is 1510. The maximum atomic E-state index is 13.2. The van der Waals surface area contributed by atoms with E-state index < -0.39 is 11.9 Å². The van der Waals surface area contributed by atoms with Crippen LogP contribution in [-0.4, -0.2) is 17.6 Å². The van der Waals surface area contributed by atoms with E-state index in [0.29, 0.717) is 22.0 Å². The standard InChI is InChI=1S/C29H22ClFN2O3/c1-2-35-29(34)25-24(18-6-10-20(30)11-7-18)23-16-9-19-8-15-22(33-26(19)27(23)36-28(25)32)14-5-17-3-12-21(31)13-4-17/h3-16,24H,2,32H2,1H3/b14-5+. The summed E-state index contributed by atoms with van der Waals surface area (Å²) in [6.07, 6.45) is 3.70. The Hall–Kier alpha value is -4.16. The lowest BCUT2D eigenvalue weighted by Crippen LogP contribution is -2.27. The van der Waals surface area contributed by atoms with E-state index in [4.69, 9.17) is 31.8 Å². The predicted octanol–water partition coefficient (Wildman–Crippen LogP) is 6.46. The molecule has 36 heavy (non-hydrogen) atoms. The number of nitrogens with zero attached hydrogens (tertiary/aromatic N) is 1. The number of rotatable bonds is 5. The minimum absolute atomic E-state index is 0.0255. The fourth-order valence-electron chi connectivity index (χ4n) is 4.27. The number of benzene rings is 3. The maximum absolute atomic E-state index is 13.2. The van der Waals surface area contributed by atoms with Crippen molar-refractivity contribution in [2.24, 2.45) is 5.73 Å². The molecule has 2 heterocycles. The molecule has 0 radical (unpaired) electrons. The summed E-state index contributed by atoms with van der Waals surface area (Å²) in [6, 6.07) is 21.1. The van der Waals surface area contributed by atoms with Crippen molar-refractivity contribution >= 4 is 40.6 Å². The Morgan fingerprint density at radius 2 is 1.78 bits per heavy atom. The largest absolute Gasteiger partial charge is 0.462 e. The van der Waals surface area contributed by atoms with Crippen molar-refractivity contribution in [2.75, 3.05) is 6.61 Å². The van der Waals surface area contributed by atoms with E-state index in [9.17, 15) is 9.18 Å². The molecule has 5 rings (SSSR count). The third-order valence-electron chi connectivity index (χ3n) is 5.96. The number of halogens is 2. The van der Waals surface area contributed by atoms with Gasteiger partial charge in [0.05, 0.1) is 18.2 Å². The second-order valence-corrected chi connectivity index (χ2v) is 8.70. The van der Waals surface area contributed by atoms with Crippen molar-refractivity contribution < 1.29 is 18.7 Å². The first-order valence-corrected chi connectivity index (χ1v) is 11.8. The zero-order chi connectivity index (χ0) is 25.2. The Morgan fingerprint density at radius 1 is 1.06 bits per heavy atom. The molecule has 2 N–H and O–H groups in total. The van der Waals surface area contributed by atoms with Gasteiger partial charge >= 0.3 is 5.97 Å². The second kappa shape index (κ2) is 9.84. The monoisotopic (exact) mass is 500 g/mol. The highest BCUT2D eigenvalue weighted by Gasteiger charge is 2.36. The molecule has 0 aliphatic carbocycles. The molecule has 180 valence electrons. The number of carbonyl (C=O) groups is 1. The Morgan fingerprint density at radius 3 is 2.50 bits per heavy atom. The van der Waals surface area contributed by atoms with E-state index in [0.717, 1.165) is 22.1 Å². The molecular weight excluding hydrogens is 479 g/mol. The summed E-state index contributed by atoms with van der Waals surface area (Å²) in [4.78, 5) is 17.7. The van der Waals surface area contributed by atoms with Gasteiger partial charge in [0, 0.05) is 16.0 Å². The van der Waals surface area contributed by atoms with Crippen molar-refractivity contribution in [2.45, 2.75) is 12.8 Å². The number of pyridine rings is 1. The lowest BCUT2D eigenvalue weighted by Gasteiger charge is -2.29. The van der Waals surface area contributed by atoms with E-state index in [2.05, 4.69) is 0 Å². The zero-order valence-electron chi connectivity index (χ0n) is 19.4. The zero-order valence-corrected chi connectivity index (χ0v) is 20.1. The van der Waals surface area contributed by atoms with Gasteiger partial charge in [-0.05, 0) is 54.5 Å². The van der Waals surface area contributed by atoms with Crippen LogP contribution in [-0.2, 0) is 9.53 Å². The average Bonchev–Trinajstić information content (AvgIpc) is 2.88. The third-order valence-corrected chi connectivity index (χ3v) is 6.21. The highest BCUT2D eigenvalue weighted by molar-refractivity contribution is 6.30. The van der Waals surface area contributed by atoms with Crippen LogP contribution in [0, 0.1) is 5.82 Å². The van der Waals surface area contributed by atoms with Crippen LogP contribution in [0.1, 0.15) is 35.2 Å². The molecule has 0 fully saturated rings. The quantitative estimate of drug-likeness (QED) is 0.318. The first kappa shape index (κ1) is 23.6. The van der Waals surface area contributed by atoms with E-state index in [-0.39, 0.29) is 23.9 Å². The van der Waals surface area contributed by atoms with E-state index >= 15 is 0 Å². The highest BCUT2D eigenvalue weighted by Crippen LogP contribution is 2.45. The Kier molecular flexibility index (Phi) is 6.44. The summed E-state index contributed by atoms with van der Waals surface area (Å²) in [6.45, 7) is 1.95. The number of esters is 1. The molecule has 0 saturated carbocycles. The molecule has 1 unspecified atom stereocenters. The van der Waals surface area contributed by atoms with Crippen LogP contribution in [0.2, 0.25) is 5.02 Å². The molecule has 0 amide bonds. The molecule has 1 atom stereocenters. The summed E-state index contributed by atoms with van der Waals surface area (Å²) < 4.78 is 24.5. The molecule has 1 aromatic heterocycles. The molecule has 0 bridgehead atoms. The first-order valence-electron chi connectivity index (χ1n) is 11.4. The van der Waals surface area contributed by atoms with Gasteiger partial charge in [0.1, 0.15) is 16.9 Å². The Labute approximate surface area is 212 Å². The molecular formula is C29H22ClFN2O3. The van der Waals surface area contributed by atoms with E-state index in [1.807, 2.05) is 48.6 Å². The van der Waals surface area contributed by atoms with Gasteiger partial charge in [-0.1, -0.05) is 60.1 Å². The van der Waals surface area contributed by atoms with Crippen LogP contribution in [0.15, 0.2) is 84.3 Å². The van der Waals surface area contributed by atoms with Crippen LogP contribution in [0.4, 0.5) is 4.39 Å². The lowest BCUT2D eigenvalue weighted by atomic mass is 9.82. The highest BCUT2D eigenvalue weighted by atomic mass is 35.5. The van der Waals surface area contributed by atoms with Gasteiger partial charge in [-0.15, -0.1) is 0 Å². The summed E-state index contributed by atoms with van der Waals surface area (Å²) in [5.41, 5.74) is 10.3. The lowest BCUT2D eigenvalue weighted by molar-refractivity contribution is -0.139. The van der Waals surface area contributed by atoms with Crippen LogP contribution in [0.3, 0.4) is 0 Å². The van der Waals surface area contributed by atoms with Crippen molar-refractivity contribution in [3.8, 4) is 5.75 Å². The van der Waals surface area contributed by atoms with Gasteiger partial charge in [0.15, 0.2) is 5.75 Å². The predicted molar refractivity (Wildman–Crippen MR) is 139 cm³/mol. The number of fused-ring (bicyclic) bond motifs is 3. The van der Waals surface area contributed by atoms with Gasteiger partial charge in [-0.3, -0.25) is 0 Å². The van der Waals surface area contributed by atoms with Crippen LogP contribution >= 0.6 is 11.6 Å². The molecule has 1 aliphatic heterocycles. The van der Waals surface area contributed by atoms with Crippen molar-refractivity contribution in [3.05, 3.63) is 117 Å². The van der Waals surface area contributed by atoms with Gasteiger partial charge in [0.25, 0.3) is 0 Å². The summed E-state index contributed by atoms with van der Waals surface area (Å²) in [5, 5.41) is 1.44. The van der Waals surface area contributed by atoms with Gasteiger partial charge < -0.3 is 15.2 Å². The number of hydrogen-bond donors (Lipinski definition) is 1. The fourth-order valence-corrected chi connectivity index (χ4v) is 4.39. The molecule has 7 heteroatoms. The summed E-state index contributed by atoms with van der Waals surface area (Å²) >= 11 is 6.12. The molecule has 0 spiro atoms. The minimum Gasteiger partial charge on any atom is -0.462 e. The van der Waals surface area contributed by atoms with E-state index in [1.165, 1.54) is 12.1 Å².